The molecule has 1 atom stereocenters. The van der Waals surface area contributed by atoms with Crippen LogP contribution in [0.5, 0.6) is 0 Å². The third-order valence-electron chi connectivity index (χ3n) is 4.45. The van der Waals surface area contributed by atoms with Crippen LogP contribution >= 0.6 is 0 Å². The van der Waals surface area contributed by atoms with E-state index in [4.69, 9.17) is 5.73 Å². The average molecular weight is 369 g/mol. The molecule has 3 rings (SSSR count). The zero-order valence-corrected chi connectivity index (χ0v) is 16.9. The summed E-state index contributed by atoms with van der Waals surface area (Å²) in [5.74, 6) is 0. The number of primary amides is 1. The number of hydrogen-bond donors (Lipinski definition) is 1. The van der Waals surface area contributed by atoms with Gasteiger partial charge in [-0.25, -0.2) is 4.79 Å². The number of carbonyl (C=O) groups excluding carboxylic acids is 1. The summed E-state index contributed by atoms with van der Waals surface area (Å²) < 4.78 is 4.58. The molecule has 1 aliphatic rings. The van der Waals surface area contributed by atoms with E-state index in [2.05, 4.69) is 71.2 Å². The van der Waals surface area contributed by atoms with Gasteiger partial charge in [0.2, 0.25) is 0 Å². The van der Waals surface area contributed by atoms with Gasteiger partial charge < -0.3 is 10.5 Å². The van der Waals surface area contributed by atoms with Gasteiger partial charge in [0.1, 0.15) is 5.60 Å². The van der Waals surface area contributed by atoms with Crippen LogP contribution in [0.4, 0.5) is 4.79 Å². The molecule has 2 N–H and O–H groups in total. The number of nitrogens with zero attached hydrogens (tertiary/aromatic N) is 1. The maximum absolute atomic E-state index is 10.0. The summed E-state index contributed by atoms with van der Waals surface area (Å²) in [6, 6.07) is 20.4. The predicted molar refractivity (Wildman–Crippen MR) is 111 cm³/mol. The molecule has 0 bridgehead atoms. The maximum atomic E-state index is 10.0. The van der Waals surface area contributed by atoms with Gasteiger partial charge in [-0.1, -0.05) is 61.5 Å². The molecule has 1 aliphatic heterocycles. The van der Waals surface area contributed by atoms with Gasteiger partial charge in [-0.15, -0.1) is 0 Å². The van der Waals surface area contributed by atoms with E-state index in [1.54, 1.807) is 20.8 Å². The first-order chi connectivity index (χ1) is 12.8. The van der Waals surface area contributed by atoms with Crippen molar-refractivity contribution in [1.82, 2.24) is 4.90 Å². The lowest BCUT2D eigenvalue weighted by atomic mass is 9.93. The Bertz CT molecular complexity index is 719. The van der Waals surface area contributed by atoms with E-state index >= 15 is 0 Å². The topological polar surface area (TPSA) is 55.6 Å². The lowest BCUT2D eigenvalue weighted by molar-refractivity contribution is 0.0600. The Kier molecular flexibility index (Phi) is 7.43. The van der Waals surface area contributed by atoms with E-state index in [1.807, 2.05) is 0 Å². The number of aryl methyl sites for hydroxylation is 1. The first kappa shape index (κ1) is 21.0. The van der Waals surface area contributed by atoms with Crippen LogP contribution in [0.2, 0.25) is 0 Å². The molecule has 4 nitrogen and oxygen atoms in total. The number of amides is 1. The van der Waals surface area contributed by atoms with Crippen molar-refractivity contribution in [3.05, 3.63) is 71.3 Å². The lowest BCUT2D eigenvalue weighted by Crippen LogP contribution is -2.40. The minimum Gasteiger partial charge on any atom is -0.444 e. The van der Waals surface area contributed by atoms with Gasteiger partial charge in [-0.2, -0.15) is 0 Å². The van der Waals surface area contributed by atoms with Crippen LogP contribution in [0, 0.1) is 0 Å². The van der Waals surface area contributed by atoms with E-state index in [9.17, 15) is 4.79 Å². The Balaban J connectivity index is 0.000000279. The second-order valence-corrected chi connectivity index (χ2v) is 7.83. The molecule has 0 radical (unpaired) electrons. The molecule has 1 amide bonds. The number of rotatable bonds is 4. The minimum atomic E-state index is -0.725. The molecule has 0 spiro atoms. The largest absolute Gasteiger partial charge is 0.444 e. The fourth-order valence-electron chi connectivity index (χ4n) is 3.13. The Labute approximate surface area is 163 Å². The quantitative estimate of drug-likeness (QED) is 0.833. The molecule has 1 fully saturated rings. The van der Waals surface area contributed by atoms with Gasteiger partial charge in [0.25, 0.3) is 0 Å². The zero-order chi connectivity index (χ0) is 19.9. The summed E-state index contributed by atoms with van der Waals surface area (Å²) >= 11 is 0. The van der Waals surface area contributed by atoms with Crippen LogP contribution in [0.15, 0.2) is 54.6 Å². The molecule has 2 aromatic rings. The number of carbonyl (C=O) groups is 1. The van der Waals surface area contributed by atoms with Crippen molar-refractivity contribution in [3.63, 3.8) is 0 Å². The third-order valence-corrected chi connectivity index (χ3v) is 4.45. The van der Waals surface area contributed by atoms with Crippen LogP contribution in [0.1, 0.15) is 56.8 Å². The van der Waals surface area contributed by atoms with Crippen molar-refractivity contribution in [2.24, 2.45) is 5.73 Å². The second kappa shape index (κ2) is 9.56. The van der Waals surface area contributed by atoms with Gasteiger partial charge in [0, 0.05) is 13.1 Å². The Morgan fingerprint density at radius 3 is 2.15 bits per heavy atom. The highest BCUT2D eigenvalue weighted by molar-refractivity contribution is 5.65. The summed E-state index contributed by atoms with van der Waals surface area (Å²) in [7, 11) is 0. The van der Waals surface area contributed by atoms with Crippen LogP contribution in [0.25, 0.3) is 0 Å². The van der Waals surface area contributed by atoms with Crippen LogP contribution in [0.3, 0.4) is 0 Å². The molecule has 4 heteroatoms. The van der Waals surface area contributed by atoms with Crippen molar-refractivity contribution in [2.75, 3.05) is 13.1 Å². The minimum absolute atomic E-state index is 0.432. The number of nitrogens with two attached hydrogens (primary N) is 1. The van der Waals surface area contributed by atoms with Crippen LogP contribution in [-0.4, -0.2) is 29.7 Å². The second-order valence-electron chi connectivity index (χ2n) is 7.83. The Morgan fingerprint density at radius 2 is 1.70 bits per heavy atom. The number of benzene rings is 2. The fourth-order valence-corrected chi connectivity index (χ4v) is 3.13. The predicted octanol–water partition coefficient (Wildman–Crippen LogP) is 4.92. The first-order valence-corrected chi connectivity index (χ1v) is 9.66. The van der Waals surface area contributed by atoms with Gasteiger partial charge >= 0.3 is 6.09 Å². The van der Waals surface area contributed by atoms with Crippen molar-refractivity contribution in [1.29, 1.82) is 0 Å². The lowest BCUT2D eigenvalue weighted by Gasteiger charge is -2.39. The van der Waals surface area contributed by atoms with Gasteiger partial charge in [0.05, 0.1) is 6.04 Å². The normalized spacial score (nSPS) is 15.1. The summed E-state index contributed by atoms with van der Waals surface area (Å²) in [5.41, 5.74) is 8.54. The van der Waals surface area contributed by atoms with Gasteiger partial charge in [-0.05, 0) is 50.3 Å². The highest BCUT2D eigenvalue weighted by Crippen LogP contribution is 2.32. The molecule has 1 saturated heterocycles. The van der Waals surface area contributed by atoms with E-state index in [1.165, 1.54) is 36.2 Å². The maximum Gasteiger partial charge on any atom is 0.405 e. The van der Waals surface area contributed by atoms with Crippen molar-refractivity contribution >= 4 is 6.09 Å². The third kappa shape index (κ3) is 6.72. The molecule has 2 aromatic carbocycles. The van der Waals surface area contributed by atoms with E-state index < -0.39 is 11.7 Å². The van der Waals surface area contributed by atoms with Crippen LogP contribution in [-0.2, 0) is 11.2 Å². The first-order valence-electron chi connectivity index (χ1n) is 9.66. The Hall–Kier alpha value is -2.33. The van der Waals surface area contributed by atoms with Gasteiger partial charge in [-0.3, -0.25) is 4.90 Å². The standard InChI is InChI=1S/C18H21N.C5H11NO2/c1-2-15-8-6-11-17(14-15)18(19-12-7-13-19)16-9-4-3-5-10-16;1-5(2,3)8-4(6)7/h3-6,8-11,14,18H,2,7,12-13H2,1H3;1-3H3,(H2,6,7). The average Bonchev–Trinajstić information content (AvgIpc) is 2.57. The van der Waals surface area contributed by atoms with Crippen molar-refractivity contribution in [3.8, 4) is 0 Å². The SMILES string of the molecule is CC(C)(C)OC(N)=O.CCc1cccc(C(c2ccccc2)N2CCC2)c1. The highest BCUT2D eigenvalue weighted by atomic mass is 16.6. The van der Waals surface area contributed by atoms with Crippen molar-refractivity contribution < 1.29 is 9.53 Å². The molecule has 1 heterocycles. The molecular weight excluding hydrogens is 336 g/mol. The summed E-state index contributed by atoms with van der Waals surface area (Å²) in [4.78, 5) is 12.6. The number of hydrogen-bond acceptors (Lipinski definition) is 3. The molecule has 0 saturated carbocycles. The van der Waals surface area contributed by atoms with Gasteiger partial charge in [0.15, 0.2) is 0 Å². The van der Waals surface area contributed by atoms with Crippen LogP contribution < -0.4 is 5.73 Å². The molecule has 1 unspecified atom stereocenters. The zero-order valence-electron chi connectivity index (χ0n) is 16.9. The van der Waals surface area contributed by atoms with E-state index in [0.717, 1.165) is 6.42 Å². The molecule has 27 heavy (non-hydrogen) atoms. The fraction of sp³-hybridized carbons (Fsp3) is 0.435. The van der Waals surface area contributed by atoms with Crippen molar-refractivity contribution in [2.45, 2.75) is 52.2 Å². The molecule has 0 aromatic heterocycles. The summed E-state index contributed by atoms with van der Waals surface area (Å²) in [6.45, 7) is 9.94. The summed E-state index contributed by atoms with van der Waals surface area (Å²) in [6.07, 6.45) is 1.71. The highest BCUT2D eigenvalue weighted by Gasteiger charge is 2.26. The monoisotopic (exact) mass is 368 g/mol. The Morgan fingerprint density at radius 1 is 1.07 bits per heavy atom. The summed E-state index contributed by atoms with van der Waals surface area (Å²) in [5, 5.41) is 0. The molecular formula is C23H32N2O2. The molecule has 0 aliphatic carbocycles. The number of likely N-dealkylation sites (tertiary alicyclic amines) is 1. The van der Waals surface area contributed by atoms with E-state index in [0.29, 0.717) is 6.04 Å². The number of ether oxygens (including phenoxy) is 1. The smallest absolute Gasteiger partial charge is 0.405 e. The van der Waals surface area contributed by atoms with E-state index in [-0.39, 0.29) is 0 Å². The molecule has 146 valence electrons.